The maximum atomic E-state index is 12.0. The summed E-state index contributed by atoms with van der Waals surface area (Å²) < 4.78 is 6.71. The molecule has 8 heteroatoms. The number of hydrogen-bond donors (Lipinski definition) is 1. The Balaban J connectivity index is 2.41. The number of amides is 1. The number of likely N-dealkylation sites (N-methyl/N-ethyl adjacent to an activating group) is 1. The zero-order valence-corrected chi connectivity index (χ0v) is 16.5. The molecule has 1 amide bonds. The first-order valence-corrected chi connectivity index (χ1v) is 8.68. The highest BCUT2D eigenvalue weighted by Crippen LogP contribution is 2.32. The highest BCUT2D eigenvalue weighted by molar-refractivity contribution is 6.43. The number of rotatable bonds is 5. The van der Waals surface area contributed by atoms with Gasteiger partial charge in [0.2, 0.25) is 0 Å². The molecule has 0 radical (unpaired) electrons. The molecule has 0 fully saturated rings. The number of hydrogen-bond acceptors (Lipinski definition) is 4. The van der Waals surface area contributed by atoms with Crippen LogP contribution in [0.4, 0.5) is 0 Å². The second kappa shape index (κ2) is 8.76. The van der Waals surface area contributed by atoms with E-state index in [-0.39, 0.29) is 5.57 Å². The van der Waals surface area contributed by atoms with Gasteiger partial charge in [0.1, 0.15) is 11.6 Å². The van der Waals surface area contributed by atoms with E-state index in [4.69, 9.17) is 27.9 Å². The summed E-state index contributed by atoms with van der Waals surface area (Å²) >= 11 is 12.4. The van der Waals surface area contributed by atoms with Gasteiger partial charge in [-0.25, -0.2) is 4.79 Å². The monoisotopic (exact) mass is 405 g/mol. The van der Waals surface area contributed by atoms with Gasteiger partial charge in [-0.3, -0.25) is 4.79 Å². The summed E-state index contributed by atoms with van der Waals surface area (Å²) in [7, 11) is 1.42. The van der Waals surface area contributed by atoms with Crippen LogP contribution in [-0.2, 0) is 14.3 Å². The molecule has 0 unspecified atom stereocenters. The van der Waals surface area contributed by atoms with E-state index in [2.05, 4.69) is 5.32 Å². The lowest BCUT2D eigenvalue weighted by Crippen LogP contribution is -2.25. The Labute approximate surface area is 166 Å². The molecule has 0 atom stereocenters. The van der Waals surface area contributed by atoms with E-state index in [0.29, 0.717) is 21.3 Å². The van der Waals surface area contributed by atoms with Gasteiger partial charge in [0, 0.05) is 18.4 Å². The Bertz CT molecular complexity index is 971. The number of esters is 1. The largest absolute Gasteiger partial charge is 0.451 e. The van der Waals surface area contributed by atoms with E-state index in [1.54, 1.807) is 18.2 Å². The molecule has 0 aliphatic carbocycles. The van der Waals surface area contributed by atoms with Crippen LogP contribution in [0, 0.1) is 25.2 Å². The minimum atomic E-state index is -0.869. The average molecular weight is 406 g/mol. The maximum absolute atomic E-state index is 12.0. The quantitative estimate of drug-likeness (QED) is 0.467. The van der Waals surface area contributed by atoms with Gasteiger partial charge in [-0.2, -0.15) is 5.26 Å². The Morgan fingerprint density at radius 1 is 1.33 bits per heavy atom. The lowest BCUT2D eigenvalue weighted by atomic mass is 10.1. The molecular formula is C19H17Cl2N3O3. The molecule has 2 aromatic rings. The third-order valence-electron chi connectivity index (χ3n) is 3.90. The van der Waals surface area contributed by atoms with Crippen molar-refractivity contribution in [2.24, 2.45) is 0 Å². The van der Waals surface area contributed by atoms with Gasteiger partial charge in [0.25, 0.3) is 5.91 Å². The van der Waals surface area contributed by atoms with Crippen LogP contribution in [0.15, 0.2) is 29.8 Å². The van der Waals surface area contributed by atoms with Crippen LogP contribution in [0.3, 0.4) is 0 Å². The number of aromatic nitrogens is 1. The first kappa shape index (κ1) is 20.6. The number of halogens is 2. The molecule has 1 aromatic heterocycles. The molecule has 0 spiro atoms. The molecule has 1 N–H and O–H groups in total. The summed E-state index contributed by atoms with van der Waals surface area (Å²) in [6, 6.07) is 8.93. The number of ether oxygens (including phenoxy) is 1. The van der Waals surface area contributed by atoms with Crippen LogP contribution >= 0.6 is 23.2 Å². The van der Waals surface area contributed by atoms with Crippen LogP contribution in [0.2, 0.25) is 10.0 Å². The lowest BCUT2D eigenvalue weighted by Gasteiger charge is -2.12. The van der Waals surface area contributed by atoms with E-state index in [1.165, 1.54) is 13.1 Å². The number of carbonyl (C=O) groups is 2. The summed E-state index contributed by atoms with van der Waals surface area (Å²) in [5, 5.41) is 12.4. The average Bonchev–Trinajstić information content (AvgIpc) is 2.93. The molecule has 2 rings (SSSR count). The lowest BCUT2D eigenvalue weighted by molar-refractivity contribution is -0.144. The highest BCUT2D eigenvalue weighted by Gasteiger charge is 2.17. The summed E-state index contributed by atoms with van der Waals surface area (Å²) in [6.45, 7) is 3.25. The molecule has 0 bridgehead atoms. The number of carbonyl (C=O) groups excluding carboxylic acids is 2. The first-order valence-electron chi connectivity index (χ1n) is 7.93. The molecule has 140 valence electrons. The van der Waals surface area contributed by atoms with Gasteiger partial charge >= 0.3 is 5.97 Å². The predicted octanol–water partition coefficient (Wildman–Crippen LogP) is 3.60. The second-order valence-electron chi connectivity index (χ2n) is 5.65. The number of nitriles is 1. The molecule has 0 saturated heterocycles. The minimum absolute atomic E-state index is 0.212. The van der Waals surface area contributed by atoms with Crippen molar-refractivity contribution in [2.75, 3.05) is 13.7 Å². The van der Waals surface area contributed by atoms with Gasteiger partial charge in [0.15, 0.2) is 6.61 Å². The maximum Gasteiger partial charge on any atom is 0.349 e. The van der Waals surface area contributed by atoms with Gasteiger partial charge in [-0.1, -0.05) is 29.3 Å². The Morgan fingerprint density at radius 3 is 2.67 bits per heavy atom. The van der Waals surface area contributed by atoms with Crippen molar-refractivity contribution < 1.29 is 14.3 Å². The SMILES string of the molecule is CNC(=O)COC(=O)/C(C#N)=C/c1cc(C)n(-c2cccc(Cl)c2Cl)c1C. The zero-order valence-electron chi connectivity index (χ0n) is 15.0. The normalized spacial score (nSPS) is 11.0. The highest BCUT2D eigenvalue weighted by atomic mass is 35.5. The Hall–Kier alpha value is -2.75. The van der Waals surface area contributed by atoms with Crippen LogP contribution in [-0.4, -0.2) is 30.1 Å². The number of benzene rings is 1. The fraction of sp³-hybridized carbons (Fsp3) is 0.211. The molecule has 1 heterocycles. The van der Waals surface area contributed by atoms with Crippen molar-refractivity contribution in [1.29, 1.82) is 5.26 Å². The van der Waals surface area contributed by atoms with Crippen molar-refractivity contribution >= 4 is 41.2 Å². The molecule has 0 aliphatic heterocycles. The zero-order chi connectivity index (χ0) is 20.1. The van der Waals surface area contributed by atoms with Crippen LogP contribution in [0.5, 0.6) is 0 Å². The van der Waals surface area contributed by atoms with Crippen molar-refractivity contribution in [3.63, 3.8) is 0 Å². The van der Waals surface area contributed by atoms with Gasteiger partial charge in [0.05, 0.1) is 15.7 Å². The number of aryl methyl sites for hydroxylation is 1. The summed E-state index contributed by atoms with van der Waals surface area (Å²) in [5.41, 5.74) is 2.75. The smallest absolute Gasteiger partial charge is 0.349 e. The van der Waals surface area contributed by atoms with Gasteiger partial charge < -0.3 is 14.6 Å². The van der Waals surface area contributed by atoms with Gasteiger partial charge in [-0.15, -0.1) is 0 Å². The van der Waals surface area contributed by atoms with Crippen LogP contribution < -0.4 is 5.32 Å². The number of nitrogens with one attached hydrogen (secondary N) is 1. The number of nitrogens with zero attached hydrogens (tertiary/aromatic N) is 2. The van der Waals surface area contributed by atoms with E-state index in [1.807, 2.05) is 30.5 Å². The fourth-order valence-electron chi connectivity index (χ4n) is 2.54. The molecule has 0 aliphatic rings. The molecule has 27 heavy (non-hydrogen) atoms. The van der Waals surface area contributed by atoms with Crippen molar-refractivity contribution in [2.45, 2.75) is 13.8 Å². The third kappa shape index (κ3) is 4.51. The fourth-order valence-corrected chi connectivity index (χ4v) is 2.92. The molecule has 6 nitrogen and oxygen atoms in total. The van der Waals surface area contributed by atoms with E-state index < -0.39 is 18.5 Å². The first-order chi connectivity index (χ1) is 12.8. The Morgan fingerprint density at radius 2 is 2.04 bits per heavy atom. The van der Waals surface area contributed by atoms with E-state index >= 15 is 0 Å². The third-order valence-corrected chi connectivity index (χ3v) is 4.70. The van der Waals surface area contributed by atoms with E-state index in [0.717, 1.165) is 11.4 Å². The molecular weight excluding hydrogens is 389 g/mol. The van der Waals surface area contributed by atoms with Gasteiger partial charge in [-0.05, 0) is 43.7 Å². The standard InChI is InChI=1S/C19H17Cl2N3O3/c1-11-7-13(8-14(9-22)19(26)27-10-17(25)23-3)12(2)24(11)16-6-4-5-15(20)18(16)21/h4-8H,10H2,1-3H3,(H,23,25)/b14-8+. The summed E-state index contributed by atoms with van der Waals surface area (Å²) in [6.07, 6.45) is 1.42. The predicted molar refractivity (Wildman–Crippen MR) is 104 cm³/mol. The van der Waals surface area contributed by atoms with Crippen LogP contribution in [0.1, 0.15) is 17.0 Å². The van der Waals surface area contributed by atoms with Crippen molar-refractivity contribution in [1.82, 2.24) is 9.88 Å². The van der Waals surface area contributed by atoms with Crippen molar-refractivity contribution in [3.8, 4) is 11.8 Å². The topological polar surface area (TPSA) is 84.1 Å². The van der Waals surface area contributed by atoms with Crippen LogP contribution in [0.25, 0.3) is 11.8 Å². The summed E-state index contributed by atoms with van der Waals surface area (Å²) in [4.78, 5) is 23.2. The van der Waals surface area contributed by atoms with E-state index in [9.17, 15) is 14.9 Å². The molecule has 1 aromatic carbocycles. The summed E-state index contributed by atoms with van der Waals surface area (Å²) in [5.74, 6) is -1.33. The minimum Gasteiger partial charge on any atom is -0.451 e. The second-order valence-corrected chi connectivity index (χ2v) is 6.44. The van der Waals surface area contributed by atoms with Crippen molar-refractivity contribution in [3.05, 3.63) is 56.8 Å². The Kier molecular flexibility index (Phi) is 6.67. The molecule has 0 saturated carbocycles.